The van der Waals surface area contributed by atoms with E-state index >= 15 is 0 Å². The molecule has 1 heterocycles. The third kappa shape index (κ3) is 6.39. The molecule has 7 nitrogen and oxygen atoms in total. The van der Waals surface area contributed by atoms with Crippen LogP contribution in [0.3, 0.4) is 0 Å². The molecule has 0 aliphatic rings. The van der Waals surface area contributed by atoms with E-state index in [2.05, 4.69) is 10.3 Å². The van der Waals surface area contributed by atoms with Gasteiger partial charge >= 0.3 is 5.97 Å². The van der Waals surface area contributed by atoms with Gasteiger partial charge in [0, 0.05) is 17.6 Å². The van der Waals surface area contributed by atoms with Crippen LogP contribution in [-0.2, 0) is 4.74 Å². The number of hydrogen-bond acceptors (Lipinski definition) is 6. The molecule has 0 aliphatic carbocycles. The van der Waals surface area contributed by atoms with Crippen molar-refractivity contribution in [1.82, 2.24) is 4.98 Å². The van der Waals surface area contributed by atoms with Gasteiger partial charge in [0.25, 0.3) is 5.69 Å². The Morgan fingerprint density at radius 2 is 1.92 bits per heavy atom. The number of nitrogens with zero attached hydrogens (tertiary/aromatic N) is 2. The Morgan fingerprint density at radius 3 is 2.56 bits per heavy atom. The number of esters is 1. The highest BCUT2D eigenvalue weighted by atomic mass is 35.5. The zero-order valence-corrected chi connectivity index (χ0v) is 14.2. The highest BCUT2D eigenvalue weighted by molar-refractivity contribution is 6.30. The first kappa shape index (κ1) is 18.7. The number of nitrogens with one attached hydrogen (secondary N) is 1. The van der Waals surface area contributed by atoms with Gasteiger partial charge in [-0.1, -0.05) is 11.6 Å². The summed E-state index contributed by atoms with van der Waals surface area (Å²) in [6, 6.07) is 9.54. The largest absolute Gasteiger partial charge is 0.462 e. The lowest BCUT2D eigenvalue weighted by molar-refractivity contribution is -0.385. The Morgan fingerprint density at radius 1 is 1.16 bits per heavy atom. The molecule has 0 saturated carbocycles. The molecule has 8 heteroatoms. The summed E-state index contributed by atoms with van der Waals surface area (Å²) in [6.45, 7) is 1.05. The first-order valence-electron chi connectivity index (χ1n) is 7.83. The number of unbranched alkanes of at least 4 members (excludes halogenated alkanes) is 2. The molecule has 132 valence electrons. The molecule has 0 spiro atoms. The molecule has 0 saturated heterocycles. The van der Waals surface area contributed by atoms with Gasteiger partial charge in [-0.05, 0) is 49.6 Å². The maximum absolute atomic E-state index is 11.8. The van der Waals surface area contributed by atoms with E-state index in [1.165, 1.54) is 12.3 Å². The van der Waals surface area contributed by atoms with Crippen molar-refractivity contribution in [2.75, 3.05) is 18.5 Å². The van der Waals surface area contributed by atoms with E-state index in [4.69, 9.17) is 16.3 Å². The zero-order chi connectivity index (χ0) is 18.1. The number of pyridine rings is 1. The predicted octanol–water partition coefficient (Wildman–Crippen LogP) is 4.08. The summed E-state index contributed by atoms with van der Waals surface area (Å²) in [6.07, 6.45) is 3.73. The molecule has 0 bridgehead atoms. The average molecular weight is 364 g/mol. The van der Waals surface area contributed by atoms with Crippen molar-refractivity contribution < 1.29 is 14.5 Å². The number of carbonyl (C=O) groups excluding carboxylic acids is 1. The molecule has 0 aliphatic heterocycles. The molecule has 25 heavy (non-hydrogen) atoms. The van der Waals surface area contributed by atoms with Gasteiger partial charge in [-0.3, -0.25) is 10.1 Å². The number of rotatable bonds is 9. The molecule has 0 radical (unpaired) electrons. The average Bonchev–Trinajstić information content (AvgIpc) is 2.61. The molecule has 1 aromatic carbocycles. The maximum Gasteiger partial charge on any atom is 0.338 e. The van der Waals surface area contributed by atoms with Gasteiger partial charge in [0.1, 0.15) is 12.0 Å². The van der Waals surface area contributed by atoms with Crippen LogP contribution < -0.4 is 5.32 Å². The third-order valence-corrected chi connectivity index (χ3v) is 3.65. The fourth-order valence-electron chi connectivity index (χ4n) is 2.05. The predicted molar refractivity (Wildman–Crippen MR) is 95.0 cm³/mol. The smallest absolute Gasteiger partial charge is 0.338 e. The summed E-state index contributed by atoms with van der Waals surface area (Å²) < 4.78 is 5.19. The summed E-state index contributed by atoms with van der Waals surface area (Å²) in [5.41, 5.74) is 0.448. The van der Waals surface area contributed by atoms with Crippen molar-refractivity contribution in [3.05, 3.63) is 63.3 Å². The van der Waals surface area contributed by atoms with Crippen LogP contribution in [0.2, 0.25) is 5.02 Å². The standard InChI is InChI=1S/C17H18ClN3O4/c18-14-6-4-13(5-7-14)17(22)25-11-3-1-2-10-19-16-9-8-15(12-20-16)21(23)24/h4-9,12H,1-3,10-11H2,(H,19,20). The minimum Gasteiger partial charge on any atom is -0.462 e. The third-order valence-electron chi connectivity index (χ3n) is 3.40. The first-order valence-corrected chi connectivity index (χ1v) is 8.21. The van der Waals surface area contributed by atoms with Gasteiger partial charge in [0.2, 0.25) is 0 Å². The summed E-state index contributed by atoms with van der Waals surface area (Å²) in [5.74, 6) is 0.240. The number of halogens is 1. The normalized spacial score (nSPS) is 10.3. The van der Waals surface area contributed by atoms with E-state index < -0.39 is 4.92 Å². The topological polar surface area (TPSA) is 94.4 Å². The van der Waals surface area contributed by atoms with Gasteiger partial charge in [-0.25, -0.2) is 9.78 Å². The minimum atomic E-state index is -0.484. The molecule has 1 N–H and O–H groups in total. The summed E-state index contributed by atoms with van der Waals surface area (Å²) >= 11 is 5.77. The molecule has 0 atom stereocenters. The van der Waals surface area contributed by atoms with Crippen LogP contribution in [0.4, 0.5) is 11.5 Å². The number of anilines is 1. The van der Waals surface area contributed by atoms with E-state index in [-0.39, 0.29) is 11.7 Å². The van der Waals surface area contributed by atoms with Gasteiger partial charge in [-0.15, -0.1) is 0 Å². The van der Waals surface area contributed by atoms with E-state index in [0.29, 0.717) is 29.6 Å². The number of ether oxygens (including phenoxy) is 1. The lowest BCUT2D eigenvalue weighted by atomic mass is 10.2. The number of hydrogen-bond donors (Lipinski definition) is 1. The zero-order valence-electron chi connectivity index (χ0n) is 13.5. The number of carbonyl (C=O) groups is 1. The molecule has 0 unspecified atom stereocenters. The maximum atomic E-state index is 11.8. The molecule has 2 rings (SSSR count). The molecular weight excluding hydrogens is 346 g/mol. The fourth-order valence-corrected chi connectivity index (χ4v) is 2.18. The second-order valence-electron chi connectivity index (χ2n) is 5.29. The number of nitro groups is 1. The van der Waals surface area contributed by atoms with Gasteiger partial charge in [0.05, 0.1) is 17.1 Å². The van der Waals surface area contributed by atoms with E-state index in [0.717, 1.165) is 19.3 Å². The van der Waals surface area contributed by atoms with Crippen molar-refractivity contribution in [2.24, 2.45) is 0 Å². The van der Waals surface area contributed by atoms with Crippen molar-refractivity contribution in [2.45, 2.75) is 19.3 Å². The number of benzene rings is 1. The van der Waals surface area contributed by atoms with E-state index in [1.54, 1.807) is 30.3 Å². The Hall–Kier alpha value is -2.67. The Bertz CT molecular complexity index is 705. The van der Waals surface area contributed by atoms with Crippen molar-refractivity contribution in [3.63, 3.8) is 0 Å². The molecular formula is C17H18ClN3O4. The van der Waals surface area contributed by atoms with Crippen LogP contribution in [-0.4, -0.2) is 29.0 Å². The van der Waals surface area contributed by atoms with Crippen LogP contribution in [0.1, 0.15) is 29.6 Å². The lowest BCUT2D eigenvalue weighted by Crippen LogP contribution is -2.07. The summed E-state index contributed by atoms with van der Waals surface area (Å²) in [7, 11) is 0. The molecule has 1 aromatic heterocycles. The molecule has 2 aromatic rings. The minimum absolute atomic E-state index is 0.0342. The second kappa shape index (κ2) is 9.58. The van der Waals surface area contributed by atoms with Crippen LogP contribution in [0.25, 0.3) is 0 Å². The quantitative estimate of drug-likeness (QED) is 0.312. The summed E-state index contributed by atoms with van der Waals surface area (Å²) in [4.78, 5) is 25.8. The monoisotopic (exact) mass is 363 g/mol. The number of aromatic nitrogens is 1. The first-order chi connectivity index (χ1) is 12.1. The Balaban J connectivity index is 1.56. The van der Waals surface area contributed by atoms with Crippen LogP contribution in [0.5, 0.6) is 0 Å². The molecule has 0 amide bonds. The highest BCUT2D eigenvalue weighted by Crippen LogP contribution is 2.12. The fraction of sp³-hybridized carbons (Fsp3) is 0.294. The lowest BCUT2D eigenvalue weighted by Gasteiger charge is -2.06. The van der Waals surface area contributed by atoms with E-state index in [9.17, 15) is 14.9 Å². The van der Waals surface area contributed by atoms with Crippen molar-refractivity contribution in [1.29, 1.82) is 0 Å². The molecule has 0 fully saturated rings. The Labute approximate surface area is 150 Å². The summed E-state index contributed by atoms with van der Waals surface area (Å²) in [5, 5.41) is 14.2. The van der Waals surface area contributed by atoms with Crippen molar-refractivity contribution >= 4 is 29.1 Å². The van der Waals surface area contributed by atoms with Gasteiger partial charge < -0.3 is 10.1 Å². The van der Waals surface area contributed by atoms with Crippen molar-refractivity contribution in [3.8, 4) is 0 Å². The van der Waals surface area contributed by atoms with E-state index in [1.807, 2.05) is 0 Å². The highest BCUT2D eigenvalue weighted by Gasteiger charge is 2.06. The second-order valence-corrected chi connectivity index (χ2v) is 5.73. The van der Waals surface area contributed by atoms with Crippen LogP contribution in [0, 0.1) is 10.1 Å². The van der Waals surface area contributed by atoms with Gasteiger partial charge in [-0.2, -0.15) is 0 Å². The van der Waals surface area contributed by atoms with Gasteiger partial charge in [0.15, 0.2) is 0 Å². The van der Waals surface area contributed by atoms with Crippen LogP contribution >= 0.6 is 11.6 Å². The Kier molecular flexibility index (Phi) is 7.16. The van der Waals surface area contributed by atoms with Crippen LogP contribution in [0.15, 0.2) is 42.6 Å². The SMILES string of the molecule is O=C(OCCCCCNc1ccc([N+](=O)[O-])cn1)c1ccc(Cl)cc1.